The van der Waals surface area contributed by atoms with Gasteiger partial charge in [0, 0.05) is 24.7 Å². The van der Waals surface area contributed by atoms with Gasteiger partial charge in [-0.15, -0.1) is 0 Å². The SMILES string of the molecule is O=c1c2cccnc2ncn1Cc1cn2c(n1)SCC2. The van der Waals surface area contributed by atoms with Gasteiger partial charge in [-0.25, -0.2) is 15.0 Å². The molecule has 7 heteroatoms. The highest BCUT2D eigenvalue weighted by atomic mass is 32.2. The molecule has 4 rings (SSSR count). The summed E-state index contributed by atoms with van der Waals surface area (Å²) in [6.45, 7) is 1.43. The Balaban J connectivity index is 1.75. The molecule has 0 spiro atoms. The van der Waals surface area contributed by atoms with Crippen LogP contribution in [0, 0.1) is 0 Å². The van der Waals surface area contributed by atoms with Crippen molar-refractivity contribution in [2.24, 2.45) is 0 Å². The molecule has 0 saturated heterocycles. The van der Waals surface area contributed by atoms with Gasteiger partial charge in [-0.1, -0.05) is 11.8 Å². The lowest BCUT2D eigenvalue weighted by molar-refractivity contribution is 0.719. The van der Waals surface area contributed by atoms with E-state index in [1.807, 2.05) is 6.20 Å². The number of rotatable bonds is 2. The van der Waals surface area contributed by atoms with Gasteiger partial charge >= 0.3 is 0 Å². The fraction of sp³-hybridized carbons (Fsp3) is 0.231. The van der Waals surface area contributed by atoms with E-state index in [9.17, 15) is 4.79 Å². The lowest BCUT2D eigenvalue weighted by Gasteiger charge is -2.03. The number of fused-ring (bicyclic) bond motifs is 2. The van der Waals surface area contributed by atoms with Gasteiger partial charge in [0.05, 0.1) is 17.6 Å². The third-order valence-electron chi connectivity index (χ3n) is 3.28. The predicted molar refractivity (Wildman–Crippen MR) is 75.9 cm³/mol. The number of hydrogen-bond acceptors (Lipinski definition) is 5. The number of hydrogen-bond donors (Lipinski definition) is 0. The summed E-state index contributed by atoms with van der Waals surface area (Å²) in [6.07, 6.45) is 5.18. The summed E-state index contributed by atoms with van der Waals surface area (Å²) in [5.41, 5.74) is 1.29. The highest BCUT2D eigenvalue weighted by molar-refractivity contribution is 7.99. The summed E-state index contributed by atoms with van der Waals surface area (Å²) in [6, 6.07) is 3.49. The zero-order valence-corrected chi connectivity index (χ0v) is 11.4. The fourth-order valence-electron chi connectivity index (χ4n) is 2.32. The largest absolute Gasteiger partial charge is 0.325 e. The Hall–Kier alpha value is -2.15. The van der Waals surface area contributed by atoms with Crippen LogP contribution in [0.1, 0.15) is 5.69 Å². The molecule has 0 unspecified atom stereocenters. The van der Waals surface area contributed by atoms with Crippen LogP contribution in [0.25, 0.3) is 11.0 Å². The molecule has 1 aliphatic rings. The van der Waals surface area contributed by atoms with Crippen molar-refractivity contribution < 1.29 is 0 Å². The maximum absolute atomic E-state index is 12.4. The van der Waals surface area contributed by atoms with Crippen LogP contribution in [-0.2, 0) is 13.1 Å². The van der Waals surface area contributed by atoms with Crippen molar-refractivity contribution in [3.8, 4) is 0 Å². The molecule has 0 N–H and O–H groups in total. The lowest BCUT2D eigenvalue weighted by Crippen LogP contribution is -2.21. The first-order valence-corrected chi connectivity index (χ1v) is 7.29. The summed E-state index contributed by atoms with van der Waals surface area (Å²) >= 11 is 1.74. The molecule has 0 aliphatic carbocycles. The molecular weight excluding hydrogens is 274 g/mol. The molecule has 0 radical (unpaired) electrons. The van der Waals surface area contributed by atoms with Crippen LogP contribution < -0.4 is 5.56 Å². The third-order valence-corrected chi connectivity index (χ3v) is 4.25. The number of nitrogens with zero attached hydrogens (tertiary/aromatic N) is 5. The van der Waals surface area contributed by atoms with Crippen molar-refractivity contribution in [1.29, 1.82) is 0 Å². The molecule has 0 atom stereocenters. The average Bonchev–Trinajstić information content (AvgIpc) is 3.03. The van der Waals surface area contributed by atoms with E-state index in [1.54, 1.807) is 34.7 Å². The molecule has 0 amide bonds. The minimum Gasteiger partial charge on any atom is -0.325 e. The van der Waals surface area contributed by atoms with Gasteiger partial charge in [-0.3, -0.25) is 9.36 Å². The van der Waals surface area contributed by atoms with Gasteiger partial charge in [0.25, 0.3) is 5.56 Å². The maximum atomic E-state index is 12.4. The van der Waals surface area contributed by atoms with E-state index < -0.39 is 0 Å². The van der Waals surface area contributed by atoms with E-state index in [2.05, 4.69) is 19.5 Å². The predicted octanol–water partition coefficient (Wildman–Crippen LogP) is 1.14. The van der Waals surface area contributed by atoms with E-state index in [1.165, 1.54) is 6.33 Å². The molecule has 20 heavy (non-hydrogen) atoms. The van der Waals surface area contributed by atoms with Gasteiger partial charge in [0.15, 0.2) is 10.8 Å². The fourth-order valence-corrected chi connectivity index (χ4v) is 3.29. The second-order valence-corrected chi connectivity index (χ2v) is 5.67. The van der Waals surface area contributed by atoms with E-state index in [0.717, 1.165) is 23.1 Å². The standard InChI is InChI=1S/C13H11N5OS/c19-12-10-2-1-3-14-11(10)15-8-18(12)7-9-6-17-4-5-20-13(17)16-9/h1-3,6,8H,4-5,7H2. The first-order valence-electron chi connectivity index (χ1n) is 6.30. The van der Waals surface area contributed by atoms with Crippen molar-refractivity contribution in [3.05, 3.63) is 46.9 Å². The van der Waals surface area contributed by atoms with Crippen molar-refractivity contribution >= 4 is 22.8 Å². The van der Waals surface area contributed by atoms with Gasteiger partial charge in [0.2, 0.25) is 0 Å². The van der Waals surface area contributed by atoms with Crippen LogP contribution >= 0.6 is 11.8 Å². The van der Waals surface area contributed by atoms with Crippen molar-refractivity contribution in [3.63, 3.8) is 0 Å². The Morgan fingerprint density at radius 3 is 3.20 bits per heavy atom. The Morgan fingerprint density at radius 2 is 2.30 bits per heavy atom. The molecule has 0 bridgehead atoms. The highest BCUT2D eigenvalue weighted by Crippen LogP contribution is 2.24. The van der Waals surface area contributed by atoms with Gasteiger partial charge < -0.3 is 4.57 Å². The Bertz CT molecular complexity index is 832. The quantitative estimate of drug-likeness (QED) is 0.706. The summed E-state index contributed by atoms with van der Waals surface area (Å²) < 4.78 is 3.70. The molecule has 0 aromatic carbocycles. The molecule has 100 valence electrons. The maximum Gasteiger partial charge on any atom is 0.263 e. The lowest BCUT2D eigenvalue weighted by atomic mass is 10.3. The van der Waals surface area contributed by atoms with E-state index in [4.69, 9.17) is 0 Å². The summed E-state index contributed by atoms with van der Waals surface area (Å²) in [5, 5.41) is 1.57. The van der Waals surface area contributed by atoms with Crippen molar-refractivity contribution in [2.75, 3.05) is 5.75 Å². The van der Waals surface area contributed by atoms with Gasteiger partial charge in [0.1, 0.15) is 6.33 Å². The molecular formula is C13H11N5OS. The summed E-state index contributed by atoms with van der Waals surface area (Å²) in [5.74, 6) is 1.08. The van der Waals surface area contributed by atoms with Gasteiger partial charge in [-0.05, 0) is 12.1 Å². The number of pyridine rings is 1. The zero-order valence-electron chi connectivity index (χ0n) is 10.6. The first-order chi connectivity index (χ1) is 9.81. The Kier molecular flexibility index (Phi) is 2.59. The Labute approximate surface area is 118 Å². The van der Waals surface area contributed by atoms with E-state index in [0.29, 0.717) is 17.6 Å². The van der Waals surface area contributed by atoms with Gasteiger partial charge in [-0.2, -0.15) is 0 Å². The minimum absolute atomic E-state index is 0.0797. The van der Waals surface area contributed by atoms with Crippen LogP contribution in [-0.4, -0.2) is 29.8 Å². The van der Waals surface area contributed by atoms with E-state index in [-0.39, 0.29) is 5.56 Å². The smallest absolute Gasteiger partial charge is 0.263 e. The molecule has 3 aromatic heterocycles. The summed E-state index contributed by atoms with van der Waals surface area (Å²) in [7, 11) is 0. The molecule has 0 saturated carbocycles. The second-order valence-electron chi connectivity index (χ2n) is 4.61. The van der Waals surface area contributed by atoms with Crippen LogP contribution in [0.4, 0.5) is 0 Å². The number of aromatic nitrogens is 5. The molecule has 6 nitrogen and oxygen atoms in total. The molecule has 4 heterocycles. The first kappa shape index (κ1) is 11.7. The molecule has 1 aliphatic heterocycles. The number of aryl methyl sites for hydroxylation is 1. The topological polar surface area (TPSA) is 65.6 Å². The second kappa shape index (κ2) is 4.45. The molecule has 3 aromatic rings. The van der Waals surface area contributed by atoms with Crippen molar-refractivity contribution in [2.45, 2.75) is 18.2 Å². The average molecular weight is 285 g/mol. The third kappa shape index (κ3) is 1.82. The number of imidazole rings is 1. The minimum atomic E-state index is -0.0797. The normalized spacial score (nSPS) is 13.8. The van der Waals surface area contributed by atoms with Crippen molar-refractivity contribution in [1.82, 2.24) is 24.1 Å². The van der Waals surface area contributed by atoms with Crippen LogP contribution in [0.2, 0.25) is 0 Å². The Morgan fingerprint density at radius 1 is 1.35 bits per heavy atom. The summed E-state index contributed by atoms with van der Waals surface area (Å²) in [4.78, 5) is 25.2. The number of thioether (sulfide) groups is 1. The monoisotopic (exact) mass is 285 g/mol. The molecule has 0 fully saturated rings. The highest BCUT2D eigenvalue weighted by Gasteiger charge is 2.15. The van der Waals surface area contributed by atoms with Crippen LogP contribution in [0.15, 0.2) is 40.8 Å². The van der Waals surface area contributed by atoms with Crippen LogP contribution in [0.5, 0.6) is 0 Å². The van der Waals surface area contributed by atoms with Crippen LogP contribution in [0.3, 0.4) is 0 Å². The zero-order chi connectivity index (χ0) is 13.5. The van der Waals surface area contributed by atoms with E-state index >= 15 is 0 Å².